The smallest absolute Gasteiger partial charge is 0.164 e. The lowest BCUT2D eigenvalue weighted by atomic mass is 10.2. The fourth-order valence-electron chi connectivity index (χ4n) is 1.61. The highest BCUT2D eigenvalue weighted by Gasteiger charge is 2.06. The van der Waals surface area contributed by atoms with E-state index in [0.29, 0.717) is 12.5 Å². The van der Waals surface area contributed by atoms with Crippen molar-refractivity contribution in [2.24, 2.45) is 5.92 Å². The maximum Gasteiger partial charge on any atom is 0.164 e. The molecule has 96 valence electrons. The van der Waals surface area contributed by atoms with Crippen molar-refractivity contribution < 1.29 is 4.74 Å². The number of ether oxygens (including phenoxy) is 1. The van der Waals surface area contributed by atoms with E-state index in [4.69, 9.17) is 10.5 Å². The fourth-order valence-corrected chi connectivity index (χ4v) is 1.61. The Balaban J connectivity index is 1.97. The van der Waals surface area contributed by atoms with Gasteiger partial charge < -0.3 is 10.5 Å². The first kappa shape index (κ1) is 12.4. The summed E-state index contributed by atoms with van der Waals surface area (Å²) in [6.45, 7) is 5.55. The van der Waals surface area contributed by atoms with Gasteiger partial charge in [0.15, 0.2) is 5.82 Å². The predicted octanol–water partition coefficient (Wildman–Crippen LogP) is 2.10. The van der Waals surface area contributed by atoms with E-state index in [2.05, 4.69) is 23.9 Å². The Morgan fingerprint density at radius 2 is 2.00 bits per heavy atom. The number of benzene rings is 1. The highest BCUT2D eigenvalue weighted by Crippen LogP contribution is 2.14. The lowest BCUT2D eigenvalue weighted by molar-refractivity contribution is 0.282. The van der Waals surface area contributed by atoms with Crippen LogP contribution in [-0.4, -0.2) is 14.8 Å². The van der Waals surface area contributed by atoms with Crippen LogP contribution in [0.25, 0.3) is 0 Å². The molecular formula is C13H18N4O. The number of aromatic nitrogens is 3. The lowest BCUT2D eigenvalue weighted by Gasteiger charge is -2.09. The summed E-state index contributed by atoms with van der Waals surface area (Å²) in [4.78, 5) is 4.20. The zero-order valence-electron chi connectivity index (χ0n) is 10.7. The van der Waals surface area contributed by atoms with Gasteiger partial charge in [0.1, 0.15) is 18.7 Å². The van der Waals surface area contributed by atoms with Gasteiger partial charge in [0.25, 0.3) is 0 Å². The molecule has 0 aliphatic rings. The van der Waals surface area contributed by atoms with E-state index in [1.807, 2.05) is 28.9 Å². The number of nitrogens with two attached hydrogens (primary N) is 1. The normalized spacial score (nSPS) is 10.8. The van der Waals surface area contributed by atoms with Gasteiger partial charge in [0, 0.05) is 12.2 Å². The molecule has 2 aromatic rings. The first-order chi connectivity index (χ1) is 8.65. The summed E-state index contributed by atoms with van der Waals surface area (Å²) in [6, 6.07) is 7.32. The number of nitrogen functional groups attached to an aromatic ring is 1. The summed E-state index contributed by atoms with van der Waals surface area (Å²) in [5.41, 5.74) is 6.34. The average Bonchev–Trinajstić information content (AvgIpc) is 2.75. The zero-order chi connectivity index (χ0) is 13.0. The van der Waals surface area contributed by atoms with Gasteiger partial charge in [-0.05, 0) is 30.2 Å². The maximum absolute atomic E-state index is 5.65. The molecule has 0 fully saturated rings. The van der Waals surface area contributed by atoms with Crippen molar-refractivity contribution in [1.82, 2.24) is 14.8 Å². The third-order valence-electron chi connectivity index (χ3n) is 2.48. The molecule has 1 aromatic heterocycles. The van der Waals surface area contributed by atoms with E-state index in [1.165, 1.54) is 0 Å². The van der Waals surface area contributed by atoms with Gasteiger partial charge in [-0.3, -0.25) is 0 Å². The molecule has 2 rings (SSSR count). The second-order valence-electron chi connectivity index (χ2n) is 4.61. The molecule has 0 saturated heterocycles. The SMILES string of the molecule is CC(C)Cn1ncnc1COc1ccc(N)cc1. The zero-order valence-corrected chi connectivity index (χ0v) is 10.7. The molecule has 0 radical (unpaired) electrons. The van der Waals surface area contributed by atoms with Crippen LogP contribution in [0.1, 0.15) is 19.7 Å². The molecule has 0 amide bonds. The van der Waals surface area contributed by atoms with Crippen molar-refractivity contribution in [3.8, 4) is 5.75 Å². The van der Waals surface area contributed by atoms with Crippen molar-refractivity contribution >= 4 is 5.69 Å². The minimum atomic E-state index is 0.413. The molecule has 5 nitrogen and oxygen atoms in total. The lowest BCUT2D eigenvalue weighted by Crippen LogP contribution is -2.12. The van der Waals surface area contributed by atoms with Gasteiger partial charge >= 0.3 is 0 Å². The van der Waals surface area contributed by atoms with Gasteiger partial charge in [-0.25, -0.2) is 9.67 Å². The van der Waals surface area contributed by atoms with Crippen molar-refractivity contribution in [1.29, 1.82) is 0 Å². The second-order valence-corrected chi connectivity index (χ2v) is 4.61. The minimum Gasteiger partial charge on any atom is -0.486 e. The molecule has 1 aromatic carbocycles. The molecule has 0 atom stereocenters. The Hall–Kier alpha value is -2.04. The Morgan fingerprint density at radius 3 is 2.67 bits per heavy atom. The molecule has 5 heteroatoms. The van der Waals surface area contributed by atoms with Crippen LogP contribution in [-0.2, 0) is 13.2 Å². The molecule has 0 saturated carbocycles. The highest BCUT2D eigenvalue weighted by molar-refractivity contribution is 5.41. The summed E-state index contributed by atoms with van der Waals surface area (Å²) >= 11 is 0. The number of hydrogen-bond donors (Lipinski definition) is 1. The number of anilines is 1. The molecule has 18 heavy (non-hydrogen) atoms. The molecule has 0 spiro atoms. The summed E-state index contributed by atoms with van der Waals surface area (Å²) in [5, 5.41) is 4.19. The van der Waals surface area contributed by atoms with Crippen molar-refractivity contribution in [3.63, 3.8) is 0 Å². The summed E-state index contributed by atoms with van der Waals surface area (Å²) in [7, 11) is 0. The van der Waals surface area contributed by atoms with Crippen molar-refractivity contribution in [2.45, 2.75) is 27.0 Å². The van der Waals surface area contributed by atoms with Crippen LogP contribution in [0.3, 0.4) is 0 Å². The topological polar surface area (TPSA) is 66.0 Å². The summed E-state index contributed by atoms with van der Waals surface area (Å²) in [5.74, 6) is 2.14. The second kappa shape index (κ2) is 5.53. The highest BCUT2D eigenvalue weighted by atomic mass is 16.5. The third-order valence-corrected chi connectivity index (χ3v) is 2.48. The van der Waals surface area contributed by atoms with E-state index < -0.39 is 0 Å². The summed E-state index contributed by atoms with van der Waals surface area (Å²) in [6.07, 6.45) is 1.56. The van der Waals surface area contributed by atoms with Crippen LogP contribution in [0.5, 0.6) is 5.75 Å². The summed E-state index contributed by atoms with van der Waals surface area (Å²) < 4.78 is 7.53. The van der Waals surface area contributed by atoms with Gasteiger partial charge in [-0.2, -0.15) is 5.10 Å². The average molecular weight is 246 g/mol. The fraction of sp³-hybridized carbons (Fsp3) is 0.385. The third kappa shape index (κ3) is 3.23. The van der Waals surface area contributed by atoms with Crippen LogP contribution in [0.4, 0.5) is 5.69 Å². The Morgan fingerprint density at radius 1 is 1.28 bits per heavy atom. The molecule has 0 aliphatic carbocycles. The van der Waals surface area contributed by atoms with E-state index in [0.717, 1.165) is 23.8 Å². The van der Waals surface area contributed by atoms with Gasteiger partial charge in [0.05, 0.1) is 0 Å². The molecular weight excluding hydrogens is 228 g/mol. The van der Waals surface area contributed by atoms with E-state index >= 15 is 0 Å². The van der Waals surface area contributed by atoms with E-state index in [-0.39, 0.29) is 0 Å². The first-order valence-corrected chi connectivity index (χ1v) is 6.00. The quantitative estimate of drug-likeness (QED) is 0.820. The Bertz CT molecular complexity index is 490. The Kier molecular flexibility index (Phi) is 3.82. The van der Waals surface area contributed by atoms with Gasteiger partial charge in [-0.15, -0.1) is 0 Å². The molecule has 0 bridgehead atoms. The standard InChI is InChI=1S/C13H18N4O/c1-10(2)7-17-13(15-9-16-17)8-18-12-5-3-11(14)4-6-12/h3-6,9-10H,7-8,14H2,1-2H3. The number of rotatable bonds is 5. The van der Waals surface area contributed by atoms with Crippen LogP contribution in [0, 0.1) is 5.92 Å². The van der Waals surface area contributed by atoms with Crippen molar-refractivity contribution in [3.05, 3.63) is 36.4 Å². The van der Waals surface area contributed by atoms with Crippen LogP contribution < -0.4 is 10.5 Å². The largest absolute Gasteiger partial charge is 0.486 e. The van der Waals surface area contributed by atoms with E-state index in [9.17, 15) is 0 Å². The molecule has 2 N–H and O–H groups in total. The molecule has 0 unspecified atom stereocenters. The maximum atomic E-state index is 5.65. The van der Waals surface area contributed by atoms with Crippen LogP contribution in [0.2, 0.25) is 0 Å². The molecule has 1 heterocycles. The number of nitrogens with zero attached hydrogens (tertiary/aromatic N) is 3. The predicted molar refractivity (Wildman–Crippen MR) is 70.0 cm³/mol. The van der Waals surface area contributed by atoms with E-state index in [1.54, 1.807) is 6.33 Å². The van der Waals surface area contributed by atoms with Gasteiger partial charge in [-0.1, -0.05) is 13.8 Å². The van der Waals surface area contributed by atoms with Crippen LogP contribution >= 0.6 is 0 Å². The van der Waals surface area contributed by atoms with Crippen LogP contribution in [0.15, 0.2) is 30.6 Å². The van der Waals surface area contributed by atoms with Gasteiger partial charge in [0.2, 0.25) is 0 Å². The number of hydrogen-bond acceptors (Lipinski definition) is 4. The van der Waals surface area contributed by atoms with Crippen molar-refractivity contribution in [2.75, 3.05) is 5.73 Å². The minimum absolute atomic E-state index is 0.413. The molecule has 0 aliphatic heterocycles. The first-order valence-electron chi connectivity index (χ1n) is 6.00. The Labute approximate surface area is 107 Å². The monoisotopic (exact) mass is 246 g/mol.